The zero-order chi connectivity index (χ0) is 9.26. The quantitative estimate of drug-likeness (QED) is 0.716. The lowest BCUT2D eigenvalue weighted by atomic mass is 10.1. The fourth-order valence-corrected chi connectivity index (χ4v) is 1.73. The van der Waals surface area contributed by atoms with Gasteiger partial charge in [0, 0.05) is 10.9 Å². The van der Waals surface area contributed by atoms with Crippen molar-refractivity contribution >= 4 is 26.7 Å². The third-order valence-corrected chi connectivity index (χ3v) is 2.55. The van der Waals surface area contributed by atoms with Crippen molar-refractivity contribution < 1.29 is 4.42 Å². The lowest BCUT2D eigenvalue weighted by Gasteiger charge is -1.99. The second-order valence-corrected chi connectivity index (χ2v) is 3.29. The second kappa shape index (κ2) is 3.34. The second-order valence-electron chi connectivity index (χ2n) is 2.73. The summed E-state index contributed by atoms with van der Waals surface area (Å²) in [6, 6.07) is 7.43. The highest BCUT2D eigenvalue weighted by atomic mass is 79.9. The van der Waals surface area contributed by atoms with E-state index in [0.29, 0.717) is 10.7 Å². The van der Waals surface area contributed by atoms with Crippen molar-refractivity contribution in [1.29, 1.82) is 0 Å². The van der Waals surface area contributed by atoms with Crippen molar-refractivity contribution in [3.05, 3.63) is 46.5 Å². The minimum Gasteiger partial charge on any atom is -0.431 e. The van der Waals surface area contributed by atoms with E-state index in [2.05, 4.69) is 15.9 Å². The van der Waals surface area contributed by atoms with Crippen LogP contribution in [-0.4, -0.2) is 0 Å². The predicted molar refractivity (Wildman–Crippen MR) is 55.1 cm³/mol. The van der Waals surface area contributed by atoms with Gasteiger partial charge in [-0.3, -0.25) is 0 Å². The van der Waals surface area contributed by atoms with Gasteiger partial charge in [0.05, 0.1) is 11.6 Å². The Labute approximate surface area is 83.3 Å². The summed E-state index contributed by atoms with van der Waals surface area (Å²) in [5.74, 6) is 0. The molecule has 0 bridgehead atoms. The van der Waals surface area contributed by atoms with Gasteiger partial charge in [-0.05, 0) is 11.5 Å². The summed E-state index contributed by atoms with van der Waals surface area (Å²) in [6.45, 7) is 0. The minimum atomic E-state index is -0.277. The normalized spacial score (nSPS) is 10.5. The van der Waals surface area contributed by atoms with E-state index < -0.39 is 0 Å². The van der Waals surface area contributed by atoms with Crippen LogP contribution in [0.4, 0.5) is 0 Å². The number of hydrogen-bond acceptors (Lipinski definition) is 2. The van der Waals surface area contributed by atoms with Crippen molar-refractivity contribution in [3.8, 4) is 0 Å². The summed E-state index contributed by atoms with van der Waals surface area (Å²) in [7, 11) is 0. The molecule has 13 heavy (non-hydrogen) atoms. The Morgan fingerprint density at radius 1 is 1.23 bits per heavy atom. The van der Waals surface area contributed by atoms with Gasteiger partial charge < -0.3 is 4.42 Å². The van der Waals surface area contributed by atoms with E-state index in [1.54, 1.807) is 6.07 Å². The maximum absolute atomic E-state index is 11.3. The van der Waals surface area contributed by atoms with Gasteiger partial charge in [0.1, 0.15) is 0 Å². The zero-order valence-corrected chi connectivity index (χ0v) is 8.37. The number of fused-ring (bicyclic) bond motifs is 1. The van der Waals surface area contributed by atoms with E-state index in [1.807, 2.05) is 18.2 Å². The van der Waals surface area contributed by atoms with Crippen LogP contribution in [0, 0.1) is 0 Å². The molecule has 0 aliphatic heterocycles. The lowest BCUT2D eigenvalue weighted by molar-refractivity contribution is 0.515. The first-order chi connectivity index (χ1) is 6.33. The highest BCUT2D eigenvalue weighted by Crippen LogP contribution is 2.17. The molecule has 1 aromatic heterocycles. The lowest BCUT2D eigenvalue weighted by Crippen LogP contribution is -1.99. The number of rotatable bonds is 1. The Bertz CT molecular complexity index is 487. The molecule has 0 saturated heterocycles. The molecule has 0 N–H and O–H groups in total. The first-order valence-corrected chi connectivity index (χ1v) is 5.00. The van der Waals surface area contributed by atoms with Gasteiger partial charge in [-0.15, -0.1) is 0 Å². The number of benzene rings is 1. The largest absolute Gasteiger partial charge is 0.431 e. The molecule has 0 radical (unpaired) electrons. The molecular formula is C10H7BrO2. The van der Waals surface area contributed by atoms with Crippen LogP contribution in [0.2, 0.25) is 0 Å². The summed E-state index contributed by atoms with van der Waals surface area (Å²) in [5, 5.41) is 2.28. The van der Waals surface area contributed by atoms with Crippen LogP contribution in [-0.2, 0) is 5.33 Å². The molecule has 0 aliphatic rings. The summed E-state index contributed by atoms with van der Waals surface area (Å²) in [5.41, 5.74) is 0.718. The molecule has 1 heterocycles. The van der Waals surface area contributed by atoms with E-state index in [9.17, 15) is 4.79 Å². The summed E-state index contributed by atoms with van der Waals surface area (Å²) < 4.78 is 4.88. The van der Waals surface area contributed by atoms with E-state index >= 15 is 0 Å². The van der Waals surface area contributed by atoms with Crippen LogP contribution < -0.4 is 5.63 Å². The number of hydrogen-bond donors (Lipinski definition) is 0. The van der Waals surface area contributed by atoms with Crippen LogP contribution >= 0.6 is 15.9 Å². The standard InChI is InChI=1S/C10H7BrO2/c11-5-7-6-13-10(12)9-4-2-1-3-8(7)9/h1-4,6H,5H2. The smallest absolute Gasteiger partial charge is 0.343 e. The monoisotopic (exact) mass is 238 g/mol. The molecule has 1 aromatic carbocycles. The van der Waals surface area contributed by atoms with Crippen LogP contribution in [0.1, 0.15) is 5.56 Å². The van der Waals surface area contributed by atoms with Crippen molar-refractivity contribution in [3.63, 3.8) is 0 Å². The van der Waals surface area contributed by atoms with E-state index in [1.165, 1.54) is 6.26 Å². The fraction of sp³-hybridized carbons (Fsp3) is 0.100. The molecule has 0 fully saturated rings. The van der Waals surface area contributed by atoms with Gasteiger partial charge in [0.25, 0.3) is 0 Å². The average Bonchev–Trinajstić information content (AvgIpc) is 2.19. The molecule has 0 atom stereocenters. The van der Waals surface area contributed by atoms with Gasteiger partial charge in [-0.2, -0.15) is 0 Å². The van der Waals surface area contributed by atoms with Crippen LogP contribution in [0.25, 0.3) is 10.8 Å². The Morgan fingerprint density at radius 2 is 1.92 bits per heavy atom. The molecule has 0 saturated carbocycles. The molecule has 2 rings (SSSR count). The van der Waals surface area contributed by atoms with Gasteiger partial charge >= 0.3 is 5.63 Å². The number of halogens is 1. The molecule has 0 amide bonds. The van der Waals surface area contributed by atoms with Crippen LogP contribution in [0.3, 0.4) is 0 Å². The van der Waals surface area contributed by atoms with E-state index in [0.717, 1.165) is 10.9 Å². The van der Waals surface area contributed by atoms with E-state index in [-0.39, 0.29) is 5.63 Å². The summed E-state index contributed by atoms with van der Waals surface area (Å²) in [6.07, 6.45) is 1.50. The fourth-order valence-electron chi connectivity index (χ4n) is 1.30. The molecule has 2 nitrogen and oxygen atoms in total. The molecule has 3 heteroatoms. The third kappa shape index (κ3) is 1.40. The zero-order valence-electron chi connectivity index (χ0n) is 6.79. The Hall–Kier alpha value is -1.09. The van der Waals surface area contributed by atoms with Gasteiger partial charge in [0.2, 0.25) is 0 Å². The highest BCUT2D eigenvalue weighted by Gasteiger charge is 2.03. The Morgan fingerprint density at radius 3 is 2.62 bits per heavy atom. The summed E-state index contributed by atoms with van der Waals surface area (Å²) >= 11 is 3.34. The molecule has 0 spiro atoms. The third-order valence-electron chi connectivity index (χ3n) is 1.95. The molecule has 66 valence electrons. The molecule has 0 unspecified atom stereocenters. The maximum Gasteiger partial charge on any atom is 0.343 e. The average molecular weight is 239 g/mol. The predicted octanol–water partition coefficient (Wildman–Crippen LogP) is 2.69. The Kier molecular flexibility index (Phi) is 2.19. The molecule has 0 aliphatic carbocycles. The SMILES string of the molecule is O=c1occ(CBr)c2ccccc12. The summed E-state index contributed by atoms with van der Waals surface area (Å²) in [4.78, 5) is 11.3. The molecule has 2 aromatic rings. The first-order valence-electron chi connectivity index (χ1n) is 3.88. The first kappa shape index (κ1) is 8.51. The van der Waals surface area contributed by atoms with Crippen molar-refractivity contribution in [2.45, 2.75) is 5.33 Å². The number of alkyl halides is 1. The topological polar surface area (TPSA) is 30.2 Å². The van der Waals surface area contributed by atoms with E-state index in [4.69, 9.17) is 4.42 Å². The van der Waals surface area contributed by atoms with Crippen molar-refractivity contribution in [2.75, 3.05) is 0 Å². The van der Waals surface area contributed by atoms with Crippen molar-refractivity contribution in [2.24, 2.45) is 0 Å². The van der Waals surface area contributed by atoms with Gasteiger partial charge in [-0.25, -0.2) is 4.79 Å². The molecular weight excluding hydrogens is 232 g/mol. The van der Waals surface area contributed by atoms with Crippen LogP contribution in [0.5, 0.6) is 0 Å². The maximum atomic E-state index is 11.3. The Balaban J connectivity index is 2.93. The van der Waals surface area contributed by atoms with Crippen molar-refractivity contribution in [1.82, 2.24) is 0 Å². The van der Waals surface area contributed by atoms with Crippen LogP contribution in [0.15, 0.2) is 39.7 Å². The minimum absolute atomic E-state index is 0.277. The van der Waals surface area contributed by atoms with Gasteiger partial charge in [-0.1, -0.05) is 34.1 Å². The van der Waals surface area contributed by atoms with Gasteiger partial charge in [0.15, 0.2) is 0 Å². The highest BCUT2D eigenvalue weighted by molar-refractivity contribution is 9.08.